The van der Waals surface area contributed by atoms with E-state index < -0.39 is 6.10 Å². The molecule has 0 fully saturated rings. The molecule has 1 amide bonds. The Labute approximate surface area is 138 Å². The van der Waals surface area contributed by atoms with Crippen molar-refractivity contribution in [2.45, 2.75) is 19.2 Å². The average molecular weight is 327 g/mol. The first-order valence-electron chi connectivity index (χ1n) is 7.46. The Hall–Kier alpha value is -3.00. The largest absolute Gasteiger partial charge is 0.467 e. The molecule has 0 radical (unpaired) electrons. The molecule has 8 nitrogen and oxygen atoms in total. The summed E-state index contributed by atoms with van der Waals surface area (Å²) in [5.41, 5.74) is 0.967. The molecule has 24 heavy (non-hydrogen) atoms. The Bertz CT molecular complexity index is 743. The molecule has 8 heteroatoms. The number of aromatic nitrogens is 4. The average Bonchev–Trinajstić information content (AvgIpc) is 3.29. The molecule has 3 rings (SSSR count). The van der Waals surface area contributed by atoms with Crippen molar-refractivity contribution in [1.29, 1.82) is 0 Å². The van der Waals surface area contributed by atoms with Crippen LogP contribution < -0.4 is 0 Å². The number of hydrogen-bond donors (Lipinski definition) is 1. The van der Waals surface area contributed by atoms with E-state index in [1.165, 1.54) is 17.3 Å². The highest BCUT2D eigenvalue weighted by molar-refractivity contribution is 5.75. The first kappa shape index (κ1) is 15.9. The third kappa shape index (κ3) is 4.05. The highest BCUT2D eigenvalue weighted by Crippen LogP contribution is 2.16. The zero-order valence-corrected chi connectivity index (χ0v) is 12.9. The van der Waals surface area contributed by atoms with Crippen LogP contribution in [0.5, 0.6) is 0 Å². The fourth-order valence-electron chi connectivity index (χ4n) is 2.33. The number of hydrogen-bond acceptors (Lipinski definition) is 6. The molecule has 0 aliphatic carbocycles. The third-order valence-corrected chi connectivity index (χ3v) is 3.52. The molecule has 0 spiro atoms. The standard InChI is InChI=1S/C16H17N5O3/c22-14(15-7-4-8-24-15)10-20(9-13-5-2-1-3-6-13)16(23)11-21-12-17-18-19-21/h1-8,12,14,22H,9-11H2. The molecular weight excluding hydrogens is 310 g/mol. The topological polar surface area (TPSA) is 97.3 Å². The number of rotatable bonds is 7. The van der Waals surface area contributed by atoms with Gasteiger partial charge in [-0.15, -0.1) is 5.10 Å². The monoisotopic (exact) mass is 327 g/mol. The van der Waals surface area contributed by atoms with Gasteiger partial charge in [-0.1, -0.05) is 30.3 Å². The Morgan fingerprint density at radius 3 is 2.75 bits per heavy atom. The van der Waals surface area contributed by atoms with Gasteiger partial charge in [-0.05, 0) is 28.1 Å². The maximum atomic E-state index is 12.6. The minimum Gasteiger partial charge on any atom is -0.467 e. The summed E-state index contributed by atoms with van der Waals surface area (Å²) in [5, 5.41) is 21.0. The number of amides is 1. The second kappa shape index (κ2) is 7.51. The van der Waals surface area contributed by atoms with Crippen LogP contribution in [0.1, 0.15) is 17.4 Å². The van der Waals surface area contributed by atoms with Gasteiger partial charge in [-0.2, -0.15) is 0 Å². The van der Waals surface area contributed by atoms with Gasteiger partial charge in [-0.25, -0.2) is 4.68 Å². The van der Waals surface area contributed by atoms with E-state index in [4.69, 9.17) is 4.42 Å². The lowest BCUT2D eigenvalue weighted by atomic mass is 10.2. The number of aliphatic hydroxyl groups is 1. The molecule has 1 N–H and O–H groups in total. The van der Waals surface area contributed by atoms with E-state index >= 15 is 0 Å². The number of carbonyl (C=O) groups excluding carboxylic acids is 1. The van der Waals surface area contributed by atoms with Gasteiger partial charge in [-0.3, -0.25) is 4.79 Å². The number of nitrogens with zero attached hydrogens (tertiary/aromatic N) is 5. The van der Waals surface area contributed by atoms with Crippen molar-refractivity contribution >= 4 is 5.91 Å². The number of tetrazole rings is 1. The predicted octanol–water partition coefficient (Wildman–Crippen LogP) is 1.03. The van der Waals surface area contributed by atoms with Gasteiger partial charge in [0.1, 0.15) is 24.7 Å². The van der Waals surface area contributed by atoms with Crippen molar-refractivity contribution in [1.82, 2.24) is 25.1 Å². The first-order valence-corrected chi connectivity index (χ1v) is 7.46. The molecule has 2 aromatic heterocycles. The normalized spacial score (nSPS) is 12.0. The molecule has 124 valence electrons. The van der Waals surface area contributed by atoms with Crippen LogP contribution in [0.4, 0.5) is 0 Å². The van der Waals surface area contributed by atoms with E-state index in [1.807, 2.05) is 30.3 Å². The summed E-state index contributed by atoms with van der Waals surface area (Å²) in [6, 6.07) is 13.0. The van der Waals surface area contributed by atoms with E-state index in [2.05, 4.69) is 15.5 Å². The number of benzene rings is 1. The van der Waals surface area contributed by atoms with Gasteiger partial charge in [0.15, 0.2) is 0 Å². The van der Waals surface area contributed by atoms with E-state index in [9.17, 15) is 9.90 Å². The van der Waals surface area contributed by atoms with Gasteiger partial charge in [0.05, 0.1) is 12.8 Å². The second-order valence-corrected chi connectivity index (χ2v) is 5.30. The molecule has 0 bridgehead atoms. The smallest absolute Gasteiger partial charge is 0.244 e. The summed E-state index contributed by atoms with van der Waals surface area (Å²) < 4.78 is 6.55. The fraction of sp³-hybridized carbons (Fsp3) is 0.250. The van der Waals surface area contributed by atoms with E-state index in [-0.39, 0.29) is 19.0 Å². The Morgan fingerprint density at radius 2 is 2.08 bits per heavy atom. The molecule has 0 saturated carbocycles. The molecule has 1 aromatic carbocycles. The van der Waals surface area contributed by atoms with Crippen LogP contribution >= 0.6 is 0 Å². The van der Waals surface area contributed by atoms with Gasteiger partial charge in [0.25, 0.3) is 0 Å². The number of carbonyl (C=O) groups is 1. The van der Waals surface area contributed by atoms with Crippen LogP contribution in [0, 0.1) is 0 Å². The van der Waals surface area contributed by atoms with Crippen LogP contribution in [-0.4, -0.2) is 42.7 Å². The zero-order chi connectivity index (χ0) is 16.8. The number of furan rings is 1. The lowest BCUT2D eigenvalue weighted by molar-refractivity contribution is -0.134. The second-order valence-electron chi connectivity index (χ2n) is 5.30. The SMILES string of the molecule is O=C(Cn1cnnn1)N(Cc1ccccc1)CC(O)c1ccco1. The lowest BCUT2D eigenvalue weighted by Gasteiger charge is -2.24. The van der Waals surface area contributed by atoms with Crippen molar-refractivity contribution in [3.8, 4) is 0 Å². The highest BCUT2D eigenvalue weighted by atomic mass is 16.4. The van der Waals surface area contributed by atoms with E-state index in [0.29, 0.717) is 12.3 Å². The molecule has 3 aromatic rings. The van der Waals surface area contributed by atoms with Crippen LogP contribution in [0.15, 0.2) is 59.5 Å². The van der Waals surface area contributed by atoms with Crippen LogP contribution in [0.25, 0.3) is 0 Å². The van der Waals surface area contributed by atoms with Crippen molar-refractivity contribution in [2.24, 2.45) is 0 Å². The summed E-state index contributed by atoms with van der Waals surface area (Å²) >= 11 is 0. The minimum absolute atomic E-state index is 0.00467. The minimum atomic E-state index is -0.901. The predicted molar refractivity (Wildman–Crippen MR) is 83.3 cm³/mol. The molecule has 2 heterocycles. The summed E-state index contributed by atoms with van der Waals surface area (Å²) in [6.45, 7) is 0.494. The van der Waals surface area contributed by atoms with Gasteiger partial charge >= 0.3 is 0 Å². The molecule has 0 aliphatic rings. The number of aliphatic hydroxyl groups excluding tert-OH is 1. The molecule has 0 aliphatic heterocycles. The summed E-state index contributed by atoms with van der Waals surface area (Å²) in [4.78, 5) is 14.1. The van der Waals surface area contributed by atoms with Crippen molar-refractivity contribution in [3.63, 3.8) is 0 Å². The van der Waals surface area contributed by atoms with Gasteiger partial charge in [0.2, 0.25) is 5.91 Å². The van der Waals surface area contributed by atoms with Crippen molar-refractivity contribution in [3.05, 3.63) is 66.4 Å². The summed E-state index contributed by atoms with van der Waals surface area (Å²) in [7, 11) is 0. The van der Waals surface area contributed by atoms with Crippen LogP contribution in [-0.2, 0) is 17.9 Å². The van der Waals surface area contributed by atoms with Crippen LogP contribution in [0.2, 0.25) is 0 Å². The fourth-order valence-corrected chi connectivity index (χ4v) is 2.33. The van der Waals surface area contributed by atoms with Crippen molar-refractivity contribution < 1.29 is 14.3 Å². The van der Waals surface area contributed by atoms with Crippen LogP contribution in [0.3, 0.4) is 0 Å². The highest BCUT2D eigenvalue weighted by Gasteiger charge is 2.21. The Balaban J connectivity index is 1.73. The Morgan fingerprint density at radius 1 is 1.25 bits per heavy atom. The van der Waals surface area contributed by atoms with Gasteiger partial charge < -0.3 is 14.4 Å². The first-order chi connectivity index (χ1) is 11.7. The van der Waals surface area contributed by atoms with E-state index in [1.54, 1.807) is 17.0 Å². The van der Waals surface area contributed by atoms with E-state index in [0.717, 1.165) is 5.56 Å². The lowest BCUT2D eigenvalue weighted by Crippen LogP contribution is -2.36. The molecule has 1 unspecified atom stereocenters. The molecular formula is C16H17N5O3. The van der Waals surface area contributed by atoms with Crippen molar-refractivity contribution in [2.75, 3.05) is 6.54 Å². The Kier molecular flexibility index (Phi) is 4.97. The maximum absolute atomic E-state index is 12.6. The quantitative estimate of drug-likeness (QED) is 0.696. The maximum Gasteiger partial charge on any atom is 0.244 e. The molecule has 1 atom stereocenters. The summed E-state index contributed by atoms with van der Waals surface area (Å²) in [5.74, 6) is 0.222. The molecule has 0 saturated heterocycles. The van der Waals surface area contributed by atoms with Gasteiger partial charge in [0, 0.05) is 6.54 Å². The zero-order valence-electron chi connectivity index (χ0n) is 12.9. The summed E-state index contributed by atoms with van der Waals surface area (Å²) in [6.07, 6.45) is 1.96. The third-order valence-electron chi connectivity index (χ3n) is 3.52.